The highest BCUT2D eigenvalue weighted by Crippen LogP contribution is 2.44. The topological polar surface area (TPSA) is 101 Å². The molecule has 0 amide bonds. The predicted octanol–water partition coefficient (Wildman–Crippen LogP) is 11.8. The van der Waals surface area contributed by atoms with Gasteiger partial charge in [0.05, 0.1) is 12.8 Å². The molecule has 4 aromatic carbocycles. The first-order valence-corrected chi connectivity index (χ1v) is 22.5. The highest BCUT2D eigenvalue weighted by molar-refractivity contribution is 5.68. The van der Waals surface area contributed by atoms with Crippen molar-refractivity contribution in [2.45, 2.75) is 108 Å². The molecule has 7 nitrogen and oxygen atoms in total. The number of benzene rings is 4. The molecule has 6 aromatic rings. The van der Waals surface area contributed by atoms with Gasteiger partial charge < -0.3 is 9.72 Å². The lowest BCUT2D eigenvalue weighted by Crippen LogP contribution is -2.30. The minimum atomic E-state index is -0.478. The number of aryl methyl sites for hydroxylation is 1. The van der Waals surface area contributed by atoms with Gasteiger partial charge in [-0.3, -0.25) is 9.78 Å². The smallest absolute Gasteiger partial charge is 0.325 e. The van der Waals surface area contributed by atoms with Crippen LogP contribution < -0.4 is 16.0 Å². The summed E-state index contributed by atoms with van der Waals surface area (Å²) in [5.41, 5.74) is 10.7. The zero-order chi connectivity index (χ0) is 43.5. The van der Waals surface area contributed by atoms with Crippen molar-refractivity contribution in [3.05, 3.63) is 203 Å². The molecule has 10 rings (SSSR count). The Morgan fingerprint density at radius 1 is 0.619 bits per heavy atom. The first-order valence-electron chi connectivity index (χ1n) is 22.5. The number of hydrogen-bond donors (Lipinski definition) is 2. The largest absolute Gasteiger partial charge is 0.481 e. The fourth-order valence-electron chi connectivity index (χ4n) is 9.51. The molecule has 322 valence electrons. The Labute approximate surface area is 367 Å². The molecule has 9 heteroatoms. The van der Waals surface area contributed by atoms with Gasteiger partial charge in [-0.25, -0.2) is 18.6 Å². The predicted molar refractivity (Wildman–Crippen MR) is 245 cm³/mol. The summed E-state index contributed by atoms with van der Waals surface area (Å²) < 4.78 is 35.2. The Hall–Kier alpha value is -6.22. The third kappa shape index (κ3) is 9.88. The van der Waals surface area contributed by atoms with E-state index < -0.39 is 5.69 Å². The zero-order valence-corrected chi connectivity index (χ0v) is 36.1. The molecule has 2 fully saturated rings. The van der Waals surface area contributed by atoms with E-state index in [9.17, 15) is 18.4 Å². The molecule has 2 N–H and O–H groups in total. The number of allylic oxidation sites excluding steroid dienone is 4. The van der Waals surface area contributed by atoms with E-state index in [1.807, 2.05) is 55.5 Å². The maximum atomic E-state index is 14.8. The van der Waals surface area contributed by atoms with E-state index in [-0.39, 0.29) is 29.0 Å². The molecule has 2 aromatic heterocycles. The summed E-state index contributed by atoms with van der Waals surface area (Å²) in [6.07, 6.45) is 14.9. The fourth-order valence-corrected chi connectivity index (χ4v) is 9.51. The normalized spacial score (nSPS) is 18.5. The van der Waals surface area contributed by atoms with Crippen LogP contribution in [0.2, 0.25) is 0 Å². The van der Waals surface area contributed by atoms with Gasteiger partial charge in [0.25, 0.3) is 5.56 Å². The van der Waals surface area contributed by atoms with E-state index in [1.54, 1.807) is 19.2 Å². The van der Waals surface area contributed by atoms with Crippen molar-refractivity contribution < 1.29 is 13.5 Å². The van der Waals surface area contributed by atoms with E-state index in [4.69, 9.17) is 9.72 Å². The van der Waals surface area contributed by atoms with Crippen LogP contribution in [0, 0.1) is 18.6 Å². The molecule has 63 heavy (non-hydrogen) atoms. The van der Waals surface area contributed by atoms with Crippen molar-refractivity contribution in [1.29, 1.82) is 0 Å². The van der Waals surface area contributed by atoms with Gasteiger partial charge in [-0.05, 0) is 129 Å². The number of halogens is 2. The van der Waals surface area contributed by atoms with Crippen LogP contribution in [0.1, 0.15) is 150 Å². The second kappa shape index (κ2) is 18.6. The molecule has 2 heterocycles. The van der Waals surface area contributed by atoms with Gasteiger partial charge in [0.15, 0.2) is 0 Å². The summed E-state index contributed by atoms with van der Waals surface area (Å²) in [6, 6.07) is 31.6. The van der Waals surface area contributed by atoms with Gasteiger partial charge in [-0.1, -0.05) is 97.1 Å². The number of rotatable bonds is 11. The Balaban J connectivity index is 0.000000160. The Morgan fingerprint density at radius 3 is 1.62 bits per heavy atom. The van der Waals surface area contributed by atoms with Crippen LogP contribution in [0.25, 0.3) is 11.1 Å². The molecule has 0 bridgehead atoms. The summed E-state index contributed by atoms with van der Waals surface area (Å²) >= 11 is 0. The molecule has 0 spiro atoms. The van der Waals surface area contributed by atoms with Gasteiger partial charge in [0.2, 0.25) is 5.88 Å². The Kier molecular flexibility index (Phi) is 12.5. The summed E-state index contributed by atoms with van der Waals surface area (Å²) in [5, 5.41) is 0. The van der Waals surface area contributed by atoms with Crippen LogP contribution in [-0.2, 0) is 12.8 Å². The van der Waals surface area contributed by atoms with Crippen molar-refractivity contribution in [2.75, 3.05) is 7.11 Å². The van der Waals surface area contributed by atoms with Crippen LogP contribution in [0.3, 0.4) is 0 Å². The number of nitrogens with one attached hydrogen (secondary N) is 2. The molecule has 2 unspecified atom stereocenters. The van der Waals surface area contributed by atoms with Crippen molar-refractivity contribution in [1.82, 2.24) is 19.9 Å². The number of methoxy groups -OCH3 is 1. The van der Waals surface area contributed by atoms with E-state index in [1.165, 1.54) is 18.4 Å². The number of nitrogens with zero attached hydrogens (tertiary/aromatic N) is 2. The maximum Gasteiger partial charge on any atom is 0.325 e. The molecular weight excluding hydrogens is 791 g/mol. The molecule has 4 aliphatic rings. The number of hydrogen-bond acceptors (Lipinski definition) is 5. The number of ether oxygens (including phenoxy) is 1. The number of aromatic amines is 2. The second-order valence-electron chi connectivity index (χ2n) is 17.7. The summed E-state index contributed by atoms with van der Waals surface area (Å²) in [6.45, 7) is 1.92. The van der Waals surface area contributed by atoms with Crippen LogP contribution in [-0.4, -0.2) is 27.0 Å². The third-order valence-corrected chi connectivity index (χ3v) is 13.2. The standard InChI is InChI=1S/C28H29FN2O.C26H25FN2O2/c1-18-30-27(25(28(31-18)32-2)16-19-6-4-3-5-7-19)22-12-10-21(11-13-22)24-15-14-23(17-26(24)29)20-8-9-20;27-23-15-20(17-6-7-17)12-13-21(23)18-8-10-19(11-9-18)24-22(25(30)29-26(31)28-24)14-16-4-2-1-3-5-16/h3-7,10,14-15,17,20,22H,8-9,11-13,16H2,1-2H3;1-5,8,12-13,15,17,19H,6-7,9-11,14H2,(H2,28,29,30,31). The van der Waals surface area contributed by atoms with E-state index in [0.29, 0.717) is 53.8 Å². The van der Waals surface area contributed by atoms with Crippen molar-refractivity contribution in [3.63, 3.8) is 0 Å². The zero-order valence-electron chi connectivity index (χ0n) is 36.1. The van der Waals surface area contributed by atoms with Crippen molar-refractivity contribution in [3.8, 4) is 5.88 Å². The summed E-state index contributed by atoms with van der Waals surface area (Å²) in [4.78, 5) is 39.3. The third-order valence-electron chi connectivity index (χ3n) is 13.2. The lowest BCUT2D eigenvalue weighted by atomic mass is 9.82. The molecule has 0 radical (unpaired) electrons. The van der Waals surface area contributed by atoms with E-state index in [2.05, 4.69) is 63.5 Å². The second-order valence-corrected chi connectivity index (χ2v) is 17.7. The van der Waals surface area contributed by atoms with Crippen molar-refractivity contribution >= 4 is 11.1 Å². The minimum Gasteiger partial charge on any atom is -0.481 e. The SMILES string of the molecule is COc1nc(C)nc(C2CC=C(c3ccc(C4CC4)cc3F)CC2)c1Cc1ccccc1.O=c1[nH]c(C2CC=C(c3ccc(C4CC4)cc3F)CC2)c(Cc2ccccc2)c(=O)[nH]1. The minimum absolute atomic E-state index is 0.0336. The monoisotopic (exact) mass is 844 g/mol. The first-order chi connectivity index (χ1) is 30.7. The average Bonchev–Trinajstić information content (AvgIpc) is 4.24. The van der Waals surface area contributed by atoms with Crippen LogP contribution in [0.15, 0.2) is 119 Å². The molecule has 0 aliphatic heterocycles. The number of H-pyrrole nitrogens is 2. The number of aromatic nitrogens is 4. The van der Waals surface area contributed by atoms with Gasteiger partial charge in [0.1, 0.15) is 17.5 Å². The fraction of sp³-hybridized carbons (Fsp3) is 0.333. The van der Waals surface area contributed by atoms with Gasteiger partial charge in [-0.2, -0.15) is 4.98 Å². The molecule has 2 atom stereocenters. The highest BCUT2D eigenvalue weighted by Gasteiger charge is 2.29. The average molecular weight is 845 g/mol. The molecular formula is C54H54F2N4O3. The quantitative estimate of drug-likeness (QED) is 0.135. The molecule has 0 saturated heterocycles. The van der Waals surface area contributed by atoms with Crippen LogP contribution in [0.4, 0.5) is 8.78 Å². The lowest BCUT2D eigenvalue weighted by molar-refractivity contribution is 0.388. The lowest BCUT2D eigenvalue weighted by Gasteiger charge is -2.25. The highest BCUT2D eigenvalue weighted by atomic mass is 19.1. The summed E-state index contributed by atoms with van der Waals surface area (Å²) in [5.74, 6) is 2.57. The summed E-state index contributed by atoms with van der Waals surface area (Å²) in [7, 11) is 1.67. The van der Waals surface area contributed by atoms with Gasteiger partial charge >= 0.3 is 5.69 Å². The van der Waals surface area contributed by atoms with Crippen LogP contribution >= 0.6 is 0 Å². The maximum absolute atomic E-state index is 14.8. The van der Waals surface area contributed by atoms with E-state index >= 15 is 0 Å². The van der Waals surface area contributed by atoms with Crippen LogP contribution in [0.5, 0.6) is 5.88 Å². The van der Waals surface area contributed by atoms with Gasteiger partial charge in [-0.15, -0.1) is 0 Å². The van der Waals surface area contributed by atoms with Gasteiger partial charge in [0, 0.05) is 52.6 Å². The molecule has 2 saturated carbocycles. The van der Waals surface area contributed by atoms with E-state index in [0.717, 1.165) is 95.4 Å². The molecule has 4 aliphatic carbocycles. The Morgan fingerprint density at radius 2 is 1.14 bits per heavy atom. The first kappa shape index (κ1) is 42.1. The Bertz CT molecular complexity index is 2790. The van der Waals surface area contributed by atoms with Crippen molar-refractivity contribution in [2.24, 2.45) is 0 Å².